The summed E-state index contributed by atoms with van der Waals surface area (Å²) in [7, 11) is 0. The largest absolute Gasteiger partial charge is 0.388 e. The number of aryl methyl sites for hydroxylation is 1. The molecule has 1 aromatic heterocycles. The van der Waals surface area contributed by atoms with E-state index in [-0.39, 0.29) is 0 Å². The lowest BCUT2D eigenvalue weighted by molar-refractivity contribution is 0.178. The number of aliphatic hydroxyl groups excluding tert-OH is 1. The molecule has 1 atom stereocenters. The van der Waals surface area contributed by atoms with E-state index >= 15 is 0 Å². The van der Waals surface area contributed by atoms with Crippen LogP contribution in [0.4, 0.5) is 0 Å². The van der Waals surface area contributed by atoms with Crippen molar-refractivity contribution in [3.05, 3.63) is 55.1 Å². The van der Waals surface area contributed by atoms with Crippen LogP contribution in [-0.4, -0.2) is 5.11 Å². The molecule has 0 aliphatic heterocycles. The first-order valence-corrected chi connectivity index (χ1v) is 7.24. The maximum atomic E-state index is 10.2. The summed E-state index contributed by atoms with van der Waals surface area (Å²) in [4.78, 5) is 1.14. The van der Waals surface area contributed by atoms with Gasteiger partial charge >= 0.3 is 0 Å². The van der Waals surface area contributed by atoms with Crippen LogP contribution in [0.15, 0.2) is 34.1 Å². The lowest BCUT2D eigenvalue weighted by atomic mass is 10.0. The second-order valence-electron chi connectivity index (χ2n) is 3.87. The molecule has 17 heavy (non-hydrogen) atoms. The van der Waals surface area contributed by atoms with Gasteiger partial charge in [-0.25, -0.2) is 0 Å². The summed E-state index contributed by atoms with van der Waals surface area (Å²) in [5, 5.41) is 10.9. The van der Waals surface area contributed by atoms with E-state index in [1.54, 1.807) is 11.3 Å². The van der Waals surface area contributed by atoms with Gasteiger partial charge in [-0.2, -0.15) is 0 Å². The van der Waals surface area contributed by atoms with E-state index in [1.165, 1.54) is 0 Å². The molecule has 1 unspecified atom stereocenters. The summed E-state index contributed by atoms with van der Waals surface area (Å²) in [5.74, 6) is 0. The van der Waals surface area contributed by atoms with Crippen LogP contribution in [-0.2, 0) is 6.42 Å². The Morgan fingerprint density at radius 2 is 2.12 bits per heavy atom. The predicted molar refractivity (Wildman–Crippen MR) is 76.9 cm³/mol. The Kier molecular flexibility index (Phi) is 4.26. The van der Waals surface area contributed by atoms with Gasteiger partial charge in [0.25, 0.3) is 0 Å². The topological polar surface area (TPSA) is 20.2 Å². The van der Waals surface area contributed by atoms with E-state index in [1.807, 2.05) is 37.3 Å². The Bertz CT molecular complexity index is 524. The first kappa shape index (κ1) is 13.1. The van der Waals surface area contributed by atoms with Gasteiger partial charge in [0.1, 0.15) is 0 Å². The highest BCUT2D eigenvalue weighted by atomic mass is 79.9. The molecule has 0 aliphatic carbocycles. The molecule has 1 N–H and O–H groups in total. The van der Waals surface area contributed by atoms with E-state index in [4.69, 9.17) is 11.6 Å². The molecule has 1 heterocycles. The van der Waals surface area contributed by atoms with Gasteiger partial charge in [0.15, 0.2) is 0 Å². The van der Waals surface area contributed by atoms with Crippen molar-refractivity contribution in [1.82, 2.24) is 0 Å². The van der Waals surface area contributed by atoms with Gasteiger partial charge in [-0.15, -0.1) is 11.3 Å². The van der Waals surface area contributed by atoms with Gasteiger partial charge in [0.05, 0.1) is 9.89 Å². The fourth-order valence-electron chi connectivity index (χ4n) is 1.77. The molecule has 0 fully saturated rings. The fraction of sp³-hybridized carbons (Fsp3) is 0.231. The number of halogens is 2. The first-order valence-electron chi connectivity index (χ1n) is 5.25. The third kappa shape index (κ3) is 3.10. The zero-order valence-electron chi connectivity index (χ0n) is 9.28. The monoisotopic (exact) mass is 330 g/mol. The summed E-state index contributed by atoms with van der Waals surface area (Å²) in [6, 6.07) is 9.60. The number of aliphatic hydroxyl groups is 1. The summed E-state index contributed by atoms with van der Waals surface area (Å²) in [5.41, 5.74) is 1.95. The van der Waals surface area contributed by atoms with Crippen molar-refractivity contribution < 1.29 is 5.11 Å². The SMILES string of the molecule is Cc1sc(Br)cc1C(O)Cc1ccccc1Cl. The molecule has 1 aromatic carbocycles. The second kappa shape index (κ2) is 5.53. The van der Waals surface area contributed by atoms with Crippen molar-refractivity contribution in [1.29, 1.82) is 0 Å². The van der Waals surface area contributed by atoms with Crippen LogP contribution in [0.25, 0.3) is 0 Å². The molecule has 1 nitrogen and oxygen atoms in total. The highest BCUT2D eigenvalue weighted by molar-refractivity contribution is 9.11. The Hall–Kier alpha value is -0.350. The Labute approximate surface area is 118 Å². The quantitative estimate of drug-likeness (QED) is 0.860. The lowest BCUT2D eigenvalue weighted by Crippen LogP contribution is -2.02. The summed E-state index contributed by atoms with van der Waals surface area (Å²) in [6.45, 7) is 2.01. The number of benzene rings is 1. The average molecular weight is 332 g/mol. The van der Waals surface area contributed by atoms with Crippen LogP contribution < -0.4 is 0 Å². The van der Waals surface area contributed by atoms with Crippen LogP contribution in [0, 0.1) is 6.92 Å². The molecule has 90 valence electrons. The summed E-state index contributed by atoms with van der Waals surface area (Å²) < 4.78 is 1.04. The molecule has 0 bridgehead atoms. The van der Waals surface area contributed by atoms with E-state index < -0.39 is 6.10 Å². The minimum absolute atomic E-state index is 0.502. The van der Waals surface area contributed by atoms with Crippen LogP contribution in [0.3, 0.4) is 0 Å². The van der Waals surface area contributed by atoms with Crippen molar-refractivity contribution >= 4 is 38.9 Å². The number of rotatable bonds is 3. The molecule has 2 aromatic rings. The molecule has 0 saturated carbocycles. The molecule has 0 amide bonds. The van der Waals surface area contributed by atoms with Gasteiger partial charge in [-0.05, 0) is 46.1 Å². The van der Waals surface area contributed by atoms with Gasteiger partial charge in [-0.1, -0.05) is 29.8 Å². The second-order valence-corrected chi connectivity index (χ2v) is 6.92. The highest BCUT2D eigenvalue weighted by Crippen LogP contribution is 2.32. The maximum absolute atomic E-state index is 10.2. The Morgan fingerprint density at radius 1 is 1.41 bits per heavy atom. The van der Waals surface area contributed by atoms with Crippen LogP contribution in [0.5, 0.6) is 0 Å². The van der Waals surface area contributed by atoms with Gasteiger partial charge in [-0.3, -0.25) is 0 Å². The molecule has 0 spiro atoms. The van der Waals surface area contributed by atoms with E-state index in [2.05, 4.69) is 15.9 Å². The Morgan fingerprint density at radius 3 is 2.71 bits per heavy atom. The first-order chi connectivity index (χ1) is 8.08. The minimum atomic E-state index is -0.502. The predicted octanol–water partition coefficient (Wildman–Crippen LogP) is 4.75. The fourth-order valence-corrected chi connectivity index (χ4v) is 3.75. The van der Waals surface area contributed by atoms with Gasteiger partial charge < -0.3 is 5.11 Å². The van der Waals surface area contributed by atoms with Crippen molar-refractivity contribution in [2.75, 3.05) is 0 Å². The summed E-state index contributed by atoms with van der Waals surface area (Å²) in [6.07, 6.45) is 0.0430. The number of hydrogen-bond donors (Lipinski definition) is 1. The normalized spacial score (nSPS) is 12.7. The zero-order chi connectivity index (χ0) is 12.4. The minimum Gasteiger partial charge on any atom is -0.388 e. The smallest absolute Gasteiger partial charge is 0.0841 e. The number of hydrogen-bond acceptors (Lipinski definition) is 2. The summed E-state index contributed by atoms with van der Waals surface area (Å²) >= 11 is 11.2. The van der Waals surface area contributed by atoms with E-state index in [0.29, 0.717) is 11.4 Å². The van der Waals surface area contributed by atoms with Crippen LogP contribution >= 0.6 is 38.9 Å². The van der Waals surface area contributed by atoms with Crippen molar-refractivity contribution in [3.8, 4) is 0 Å². The molecule has 4 heteroatoms. The van der Waals surface area contributed by atoms with Crippen molar-refractivity contribution in [2.45, 2.75) is 19.4 Å². The highest BCUT2D eigenvalue weighted by Gasteiger charge is 2.15. The zero-order valence-corrected chi connectivity index (χ0v) is 12.4. The third-order valence-electron chi connectivity index (χ3n) is 2.66. The molecular formula is C13H12BrClOS. The van der Waals surface area contributed by atoms with Crippen molar-refractivity contribution in [2.24, 2.45) is 0 Å². The lowest BCUT2D eigenvalue weighted by Gasteiger charge is -2.11. The van der Waals surface area contributed by atoms with Crippen molar-refractivity contribution in [3.63, 3.8) is 0 Å². The van der Waals surface area contributed by atoms with Crippen LogP contribution in [0.2, 0.25) is 5.02 Å². The molecule has 0 aliphatic rings. The third-order valence-corrected chi connectivity index (χ3v) is 4.59. The van der Waals surface area contributed by atoms with E-state index in [9.17, 15) is 5.11 Å². The van der Waals surface area contributed by atoms with Crippen LogP contribution in [0.1, 0.15) is 22.1 Å². The van der Waals surface area contributed by atoms with Gasteiger partial charge in [0, 0.05) is 16.3 Å². The Balaban J connectivity index is 2.20. The van der Waals surface area contributed by atoms with E-state index in [0.717, 1.165) is 19.8 Å². The average Bonchev–Trinajstić information content (AvgIpc) is 2.61. The molecule has 2 rings (SSSR count). The van der Waals surface area contributed by atoms with Gasteiger partial charge in [0.2, 0.25) is 0 Å². The maximum Gasteiger partial charge on any atom is 0.0841 e. The standard InChI is InChI=1S/C13H12BrClOS/c1-8-10(7-13(14)17-8)12(16)6-9-4-2-3-5-11(9)15/h2-5,7,12,16H,6H2,1H3. The molecular weight excluding hydrogens is 320 g/mol. The molecule has 0 radical (unpaired) electrons. The molecule has 0 saturated heterocycles. The number of thiophene rings is 1.